The van der Waals surface area contributed by atoms with Crippen LogP contribution < -0.4 is 10.6 Å². The molecule has 98 valence electrons. The Morgan fingerprint density at radius 1 is 1.61 bits per heavy atom. The molecule has 5 heteroatoms. The summed E-state index contributed by atoms with van der Waals surface area (Å²) in [4.78, 5) is 18.1. The Morgan fingerprint density at radius 2 is 2.39 bits per heavy atom. The summed E-state index contributed by atoms with van der Waals surface area (Å²) < 4.78 is 4.78. The van der Waals surface area contributed by atoms with Gasteiger partial charge in [0.05, 0.1) is 7.11 Å². The number of methoxy groups -OCH3 is 1. The predicted molar refractivity (Wildman–Crippen MR) is 69.5 cm³/mol. The van der Waals surface area contributed by atoms with Crippen molar-refractivity contribution in [1.29, 1.82) is 0 Å². The Morgan fingerprint density at radius 3 is 3.06 bits per heavy atom. The highest BCUT2D eigenvalue weighted by Crippen LogP contribution is 2.24. The molecule has 0 bridgehead atoms. The lowest BCUT2D eigenvalue weighted by Gasteiger charge is -2.36. The van der Waals surface area contributed by atoms with Crippen molar-refractivity contribution in [2.24, 2.45) is 11.7 Å². The van der Waals surface area contributed by atoms with Gasteiger partial charge in [-0.2, -0.15) is 0 Å². The lowest BCUT2D eigenvalue weighted by molar-refractivity contribution is 0.0601. The molecule has 1 aliphatic rings. The second-order valence-electron chi connectivity index (χ2n) is 4.74. The van der Waals surface area contributed by atoms with Crippen molar-refractivity contribution in [2.45, 2.75) is 19.4 Å². The number of pyridine rings is 1. The molecule has 1 aromatic rings. The summed E-state index contributed by atoms with van der Waals surface area (Å²) in [5.41, 5.74) is 6.58. The molecule has 18 heavy (non-hydrogen) atoms. The van der Waals surface area contributed by atoms with Crippen molar-refractivity contribution in [3.8, 4) is 0 Å². The lowest BCUT2D eigenvalue weighted by Crippen LogP contribution is -2.48. The zero-order valence-electron chi connectivity index (χ0n) is 10.8. The van der Waals surface area contributed by atoms with E-state index in [1.54, 1.807) is 18.3 Å². The van der Waals surface area contributed by atoms with E-state index in [4.69, 9.17) is 10.5 Å². The van der Waals surface area contributed by atoms with Gasteiger partial charge in [0.2, 0.25) is 0 Å². The molecule has 0 aromatic carbocycles. The van der Waals surface area contributed by atoms with Crippen molar-refractivity contribution in [2.75, 3.05) is 25.1 Å². The number of ether oxygens (including phenoxy) is 1. The maximum atomic E-state index is 11.7. The molecule has 1 aliphatic heterocycles. The number of carbonyl (C=O) groups excluding carboxylic acids is 1. The summed E-state index contributed by atoms with van der Waals surface area (Å²) in [5, 5.41) is 0. The second-order valence-corrected chi connectivity index (χ2v) is 4.74. The molecule has 0 radical (unpaired) electrons. The zero-order valence-corrected chi connectivity index (χ0v) is 10.8. The summed E-state index contributed by atoms with van der Waals surface area (Å²) >= 11 is 0. The van der Waals surface area contributed by atoms with E-state index in [2.05, 4.69) is 16.8 Å². The monoisotopic (exact) mass is 249 g/mol. The van der Waals surface area contributed by atoms with Crippen LogP contribution in [0.3, 0.4) is 0 Å². The summed E-state index contributed by atoms with van der Waals surface area (Å²) in [6.07, 6.45) is 2.70. The molecule has 2 rings (SSSR count). The van der Waals surface area contributed by atoms with E-state index >= 15 is 0 Å². The van der Waals surface area contributed by atoms with Crippen molar-refractivity contribution < 1.29 is 9.53 Å². The Labute approximate surface area is 107 Å². The fourth-order valence-electron chi connectivity index (χ4n) is 2.21. The van der Waals surface area contributed by atoms with Crippen LogP contribution in [0.4, 0.5) is 5.82 Å². The summed E-state index contributed by atoms with van der Waals surface area (Å²) in [6.45, 7) is 3.75. The van der Waals surface area contributed by atoms with Crippen LogP contribution >= 0.6 is 0 Å². The first kappa shape index (κ1) is 12.8. The SMILES string of the molecule is COC(=O)c1cccnc1N1CCC(C)C(N)C1. The van der Waals surface area contributed by atoms with E-state index in [1.807, 2.05) is 0 Å². The number of rotatable bonds is 2. The quantitative estimate of drug-likeness (QED) is 0.793. The average molecular weight is 249 g/mol. The minimum Gasteiger partial charge on any atom is -0.465 e. The van der Waals surface area contributed by atoms with Crippen molar-refractivity contribution in [3.05, 3.63) is 23.9 Å². The third kappa shape index (κ3) is 2.46. The van der Waals surface area contributed by atoms with Crippen molar-refractivity contribution in [3.63, 3.8) is 0 Å². The summed E-state index contributed by atoms with van der Waals surface area (Å²) in [7, 11) is 1.38. The average Bonchev–Trinajstić information content (AvgIpc) is 2.41. The first-order valence-corrected chi connectivity index (χ1v) is 6.17. The predicted octanol–water partition coefficient (Wildman–Crippen LogP) is 1.04. The van der Waals surface area contributed by atoms with Gasteiger partial charge in [-0.15, -0.1) is 0 Å². The molecule has 0 saturated carbocycles. The lowest BCUT2D eigenvalue weighted by atomic mass is 9.94. The minimum atomic E-state index is -0.356. The van der Waals surface area contributed by atoms with Gasteiger partial charge < -0.3 is 15.4 Å². The molecular weight excluding hydrogens is 230 g/mol. The third-order valence-corrected chi connectivity index (χ3v) is 3.51. The van der Waals surface area contributed by atoms with E-state index in [0.717, 1.165) is 19.5 Å². The molecule has 2 atom stereocenters. The highest BCUT2D eigenvalue weighted by atomic mass is 16.5. The molecule has 0 aliphatic carbocycles. The molecule has 1 saturated heterocycles. The molecule has 2 N–H and O–H groups in total. The number of aromatic nitrogens is 1. The van der Waals surface area contributed by atoms with Gasteiger partial charge in [0.25, 0.3) is 0 Å². The topological polar surface area (TPSA) is 68.5 Å². The molecular formula is C13H19N3O2. The zero-order chi connectivity index (χ0) is 13.1. The molecule has 1 fully saturated rings. The van der Waals surface area contributed by atoms with E-state index in [9.17, 15) is 4.79 Å². The van der Waals surface area contributed by atoms with E-state index < -0.39 is 0 Å². The molecule has 2 unspecified atom stereocenters. The molecule has 2 heterocycles. The standard InChI is InChI=1S/C13H19N3O2/c1-9-5-7-16(8-11(9)14)12-10(13(17)18-2)4-3-6-15-12/h3-4,6,9,11H,5,7-8,14H2,1-2H3. The fourth-order valence-corrected chi connectivity index (χ4v) is 2.21. The molecule has 5 nitrogen and oxygen atoms in total. The van der Waals surface area contributed by atoms with Crippen LogP contribution in [0.2, 0.25) is 0 Å². The number of nitrogens with zero attached hydrogens (tertiary/aromatic N) is 2. The highest BCUT2D eigenvalue weighted by Gasteiger charge is 2.26. The fraction of sp³-hybridized carbons (Fsp3) is 0.538. The highest BCUT2D eigenvalue weighted by molar-refractivity contribution is 5.94. The van der Waals surface area contributed by atoms with Crippen LogP contribution in [-0.4, -0.2) is 37.2 Å². The van der Waals surface area contributed by atoms with Gasteiger partial charge >= 0.3 is 5.97 Å². The van der Waals surface area contributed by atoms with Crippen LogP contribution in [0.1, 0.15) is 23.7 Å². The number of hydrogen-bond acceptors (Lipinski definition) is 5. The number of hydrogen-bond donors (Lipinski definition) is 1. The summed E-state index contributed by atoms with van der Waals surface area (Å²) in [5.74, 6) is 0.823. The van der Waals surface area contributed by atoms with Crippen LogP contribution in [0, 0.1) is 5.92 Å². The van der Waals surface area contributed by atoms with Crippen LogP contribution in [-0.2, 0) is 4.74 Å². The van der Waals surface area contributed by atoms with Crippen LogP contribution in [0.25, 0.3) is 0 Å². The normalized spacial score (nSPS) is 23.8. The van der Waals surface area contributed by atoms with Gasteiger partial charge in [-0.1, -0.05) is 6.92 Å². The Balaban J connectivity index is 2.25. The van der Waals surface area contributed by atoms with Gasteiger partial charge in [0, 0.05) is 25.3 Å². The first-order chi connectivity index (χ1) is 8.63. The Hall–Kier alpha value is -1.62. The Kier molecular flexibility index (Phi) is 3.81. The number of nitrogens with two attached hydrogens (primary N) is 1. The van der Waals surface area contributed by atoms with Crippen LogP contribution in [0.5, 0.6) is 0 Å². The number of piperidine rings is 1. The van der Waals surface area contributed by atoms with Gasteiger partial charge in [0.15, 0.2) is 0 Å². The number of carbonyl (C=O) groups is 1. The second kappa shape index (κ2) is 5.35. The Bertz CT molecular complexity index is 436. The molecule has 0 amide bonds. The van der Waals surface area contributed by atoms with Crippen molar-refractivity contribution >= 4 is 11.8 Å². The van der Waals surface area contributed by atoms with Gasteiger partial charge in [-0.05, 0) is 24.5 Å². The number of esters is 1. The molecule has 0 spiro atoms. The third-order valence-electron chi connectivity index (χ3n) is 3.51. The van der Waals surface area contributed by atoms with Crippen molar-refractivity contribution in [1.82, 2.24) is 4.98 Å². The maximum Gasteiger partial charge on any atom is 0.341 e. The van der Waals surface area contributed by atoms with E-state index in [0.29, 0.717) is 17.3 Å². The van der Waals surface area contributed by atoms with Crippen LogP contribution in [0.15, 0.2) is 18.3 Å². The van der Waals surface area contributed by atoms with E-state index in [1.165, 1.54) is 7.11 Å². The number of anilines is 1. The smallest absolute Gasteiger partial charge is 0.341 e. The molecule has 1 aromatic heterocycles. The first-order valence-electron chi connectivity index (χ1n) is 6.17. The summed E-state index contributed by atoms with van der Waals surface area (Å²) in [6, 6.07) is 3.59. The maximum absolute atomic E-state index is 11.7. The van der Waals surface area contributed by atoms with Gasteiger partial charge in [-0.3, -0.25) is 0 Å². The largest absolute Gasteiger partial charge is 0.465 e. The van der Waals surface area contributed by atoms with Gasteiger partial charge in [0.1, 0.15) is 11.4 Å². The van der Waals surface area contributed by atoms with E-state index in [-0.39, 0.29) is 12.0 Å². The minimum absolute atomic E-state index is 0.117. The van der Waals surface area contributed by atoms with Gasteiger partial charge in [-0.25, -0.2) is 9.78 Å².